The first-order valence-electron chi connectivity index (χ1n) is 6.12. The van der Waals surface area contributed by atoms with E-state index in [0.29, 0.717) is 17.0 Å². The van der Waals surface area contributed by atoms with Crippen LogP contribution in [0.5, 0.6) is 0 Å². The molecule has 2 heterocycles. The number of hydrogen-bond acceptors (Lipinski definition) is 3. The summed E-state index contributed by atoms with van der Waals surface area (Å²) in [4.78, 5) is 27.8. The van der Waals surface area contributed by atoms with Crippen molar-refractivity contribution in [1.29, 1.82) is 0 Å². The molecule has 0 saturated heterocycles. The van der Waals surface area contributed by atoms with E-state index in [-0.39, 0.29) is 11.8 Å². The van der Waals surface area contributed by atoms with Gasteiger partial charge < -0.3 is 5.32 Å². The molecule has 0 radical (unpaired) electrons. The number of rotatable bonds is 2. The zero-order chi connectivity index (χ0) is 14.1. The first-order valence-corrected chi connectivity index (χ1v) is 6.12. The number of amides is 2. The van der Waals surface area contributed by atoms with Gasteiger partial charge >= 0.3 is 0 Å². The van der Waals surface area contributed by atoms with Gasteiger partial charge in [-0.05, 0) is 6.08 Å². The Hall–Kier alpha value is -2.76. The number of hydrogen-bond donors (Lipinski definition) is 1. The molecule has 1 aliphatic carbocycles. The molecule has 0 bridgehead atoms. The normalized spacial score (nSPS) is 20.2. The molecular formula is C14H12N4O2. The number of carbonyl (C=O) groups is 2. The quantitative estimate of drug-likeness (QED) is 0.869. The fourth-order valence-corrected chi connectivity index (χ4v) is 2.18. The number of aryl methyl sites for hydroxylation is 1. The lowest BCUT2D eigenvalue weighted by Crippen LogP contribution is -2.28. The minimum absolute atomic E-state index is 0.269. The van der Waals surface area contributed by atoms with Gasteiger partial charge in [0.1, 0.15) is 0 Å². The predicted octanol–water partition coefficient (Wildman–Crippen LogP) is 1.01. The number of fused-ring (bicyclic) bond motifs is 1. The molecule has 3 rings (SSSR count). The lowest BCUT2D eigenvalue weighted by Gasteiger charge is -2.21. The van der Waals surface area contributed by atoms with Gasteiger partial charge in [-0.3, -0.25) is 14.3 Å². The van der Waals surface area contributed by atoms with Gasteiger partial charge in [0.05, 0.1) is 23.5 Å². The summed E-state index contributed by atoms with van der Waals surface area (Å²) in [7, 11) is 1.76. The van der Waals surface area contributed by atoms with Crippen molar-refractivity contribution >= 4 is 23.2 Å². The predicted molar refractivity (Wildman–Crippen MR) is 74.1 cm³/mol. The summed E-state index contributed by atoms with van der Waals surface area (Å²) in [5, 5.41) is 6.71. The van der Waals surface area contributed by atoms with E-state index in [0.717, 1.165) is 0 Å². The fourth-order valence-electron chi connectivity index (χ4n) is 2.18. The van der Waals surface area contributed by atoms with E-state index in [9.17, 15) is 9.59 Å². The second kappa shape index (κ2) is 4.73. The van der Waals surface area contributed by atoms with Crippen LogP contribution in [0.1, 0.15) is 0 Å². The van der Waals surface area contributed by atoms with Crippen LogP contribution in [0, 0.1) is 5.92 Å². The highest BCUT2D eigenvalue weighted by molar-refractivity contribution is 6.20. The van der Waals surface area contributed by atoms with Gasteiger partial charge in [-0.1, -0.05) is 18.2 Å². The summed E-state index contributed by atoms with van der Waals surface area (Å²) in [6.45, 7) is 0. The molecule has 100 valence electrons. The van der Waals surface area contributed by atoms with Crippen LogP contribution in [-0.2, 0) is 16.6 Å². The third-order valence-corrected chi connectivity index (χ3v) is 3.08. The molecule has 6 nitrogen and oxygen atoms in total. The maximum Gasteiger partial charge on any atom is 0.270 e. The highest BCUT2D eigenvalue weighted by Gasteiger charge is 2.28. The Kier molecular flexibility index (Phi) is 2.90. The number of aliphatic imine (C=N–C) groups is 1. The molecule has 1 N–H and O–H groups in total. The maximum absolute atomic E-state index is 12.3. The summed E-state index contributed by atoms with van der Waals surface area (Å²) >= 11 is 0. The van der Waals surface area contributed by atoms with Crippen molar-refractivity contribution in [2.45, 2.75) is 0 Å². The molecule has 0 saturated carbocycles. The highest BCUT2D eigenvalue weighted by Crippen LogP contribution is 2.24. The van der Waals surface area contributed by atoms with Crippen molar-refractivity contribution in [1.82, 2.24) is 9.78 Å². The van der Waals surface area contributed by atoms with Gasteiger partial charge in [0.15, 0.2) is 0 Å². The second-order valence-electron chi connectivity index (χ2n) is 4.55. The van der Waals surface area contributed by atoms with Gasteiger partial charge in [-0.25, -0.2) is 4.99 Å². The molecule has 0 spiro atoms. The molecule has 2 amide bonds. The molecular weight excluding hydrogens is 256 g/mol. The SMILES string of the molecule is Cn1cc(NC(=O)C2=CC(=O)N=C3C=CC=CC23)cn1. The van der Waals surface area contributed by atoms with Gasteiger partial charge in [-0.15, -0.1) is 0 Å². The second-order valence-corrected chi connectivity index (χ2v) is 4.55. The first-order chi connectivity index (χ1) is 9.63. The summed E-state index contributed by atoms with van der Waals surface area (Å²) in [6.07, 6.45) is 11.7. The number of nitrogens with zero attached hydrogens (tertiary/aromatic N) is 3. The zero-order valence-electron chi connectivity index (χ0n) is 10.8. The Balaban J connectivity index is 1.85. The molecule has 1 aromatic heterocycles. The van der Waals surface area contributed by atoms with Crippen molar-refractivity contribution in [2.24, 2.45) is 18.0 Å². The molecule has 0 fully saturated rings. The number of dihydropyridines is 1. The smallest absolute Gasteiger partial charge is 0.270 e. The number of allylic oxidation sites excluding steroid dienone is 4. The van der Waals surface area contributed by atoms with E-state index >= 15 is 0 Å². The molecule has 20 heavy (non-hydrogen) atoms. The maximum atomic E-state index is 12.3. The first kappa shape index (κ1) is 12.3. The van der Waals surface area contributed by atoms with E-state index in [2.05, 4.69) is 15.4 Å². The Labute approximate surface area is 115 Å². The molecule has 1 aliphatic heterocycles. The van der Waals surface area contributed by atoms with E-state index in [1.807, 2.05) is 12.2 Å². The third-order valence-electron chi connectivity index (χ3n) is 3.08. The summed E-state index contributed by atoms with van der Waals surface area (Å²) in [6, 6.07) is 0. The van der Waals surface area contributed by atoms with Crippen LogP contribution in [0.3, 0.4) is 0 Å². The largest absolute Gasteiger partial charge is 0.320 e. The minimum atomic E-state index is -0.410. The summed E-state index contributed by atoms with van der Waals surface area (Å²) < 4.78 is 1.59. The van der Waals surface area contributed by atoms with Crippen molar-refractivity contribution in [3.8, 4) is 0 Å². The topological polar surface area (TPSA) is 76.3 Å². The van der Waals surface area contributed by atoms with Crippen molar-refractivity contribution in [3.63, 3.8) is 0 Å². The van der Waals surface area contributed by atoms with E-state index < -0.39 is 5.91 Å². The van der Waals surface area contributed by atoms with Crippen LogP contribution in [0.25, 0.3) is 0 Å². The van der Waals surface area contributed by atoms with Crippen LogP contribution >= 0.6 is 0 Å². The van der Waals surface area contributed by atoms with Crippen molar-refractivity contribution < 1.29 is 9.59 Å². The standard InChI is InChI=1S/C14H12N4O2/c1-18-8-9(7-15-18)16-14(20)11-6-13(19)17-12-5-3-2-4-10(11)12/h2-8,10H,1H3,(H,16,20). The Bertz CT molecular complexity index is 707. The fraction of sp³-hybridized carbons (Fsp3) is 0.143. The lowest BCUT2D eigenvalue weighted by atomic mass is 9.87. The molecule has 1 unspecified atom stereocenters. The van der Waals surface area contributed by atoms with Gasteiger partial charge in [-0.2, -0.15) is 5.10 Å². The average Bonchev–Trinajstić information content (AvgIpc) is 2.83. The number of carbonyl (C=O) groups excluding carboxylic acids is 2. The van der Waals surface area contributed by atoms with Gasteiger partial charge in [0, 0.05) is 24.9 Å². The molecule has 0 aromatic carbocycles. The van der Waals surface area contributed by atoms with E-state index in [4.69, 9.17) is 0 Å². The number of anilines is 1. The van der Waals surface area contributed by atoms with Gasteiger partial charge in [0.25, 0.3) is 11.8 Å². The number of nitrogens with one attached hydrogen (secondary N) is 1. The Morgan fingerprint density at radius 1 is 1.40 bits per heavy atom. The van der Waals surface area contributed by atoms with E-state index in [1.54, 1.807) is 36.3 Å². The zero-order valence-corrected chi connectivity index (χ0v) is 10.8. The average molecular weight is 268 g/mol. The highest BCUT2D eigenvalue weighted by atomic mass is 16.2. The monoisotopic (exact) mass is 268 g/mol. The Morgan fingerprint density at radius 2 is 2.25 bits per heavy atom. The van der Waals surface area contributed by atoms with Crippen molar-refractivity contribution in [2.75, 3.05) is 5.32 Å². The third kappa shape index (κ3) is 2.23. The molecule has 6 heteroatoms. The van der Waals surface area contributed by atoms with Crippen LogP contribution in [0.4, 0.5) is 5.69 Å². The lowest BCUT2D eigenvalue weighted by molar-refractivity contribution is -0.116. The number of aromatic nitrogens is 2. The van der Waals surface area contributed by atoms with Crippen molar-refractivity contribution in [3.05, 3.63) is 48.3 Å². The van der Waals surface area contributed by atoms with Crippen LogP contribution in [0.15, 0.2) is 53.3 Å². The van der Waals surface area contributed by atoms with Crippen LogP contribution in [0.2, 0.25) is 0 Å². The molecule has 1 aromatic rings. The summed E-state index contributed by atoms with van der Waals surface area (Å²) in [5.41, 5.74) is 1.58. The van der Waals surface area contributed by atoms with Crippen LogP contribution in [-0.4, -0.2) is 27.3 Å². The molecule has 2 aliphatic rings. The minimum Gasteiger partial charge on any atom is -0.320 e. The summed E-state index contributed by atoms with van der Waals surface area (Å²) in [5.74, 6) is -0.995. The van der Waals surface area contributed by atoms with Gasteiger partial charge in [0.2, 0.25) is 0 Å². The van der Waals surface area contributed by atoms with E-state index in [1.165, 1.54) is 6.08 Å². The van der Waals surface area contributed by atoms with Crippen LogP contribution < -0.4 is 5.32 Å². The Morgan fingerprint density at radius 3 is 3.00 bits per heavy atom. The molecule has 1 atom stereocenters.